The van der Waals surface area contributed by atoms with Crippen molar-refractivity contribution in [3.05, 3.63) is 35.9 Å². The molecule has 0 N–H and O–H groups in total. The Balaban J connectivity index is 1.59. The molecule has 0 saturated carbocycles. The number of hydrogen-bond acceptors (Lipinski definition) is 3. The highest BCUT2D eigenvalue weighted by Crippen LogP contribution is 2.22. The third-order valence-electron chi connectivity index (χ3n) is 4.34. The summed E-state index contributed by atoms with van der Waals surface area (Å²) in [7, 11) is 0. The zero-order chi connectivity index (χ0) is 15.4. The summed E-state index contributed by atoms with van der Waals surface area (Å²) in [5.74, 6) is 0.131. The number of ether oxygens (including phenoxy) is 1. The van der Waals surface area contributed by atoms with Crippen LogP contribution in [0.4, 0.5) is 0 Å². The number of carbonyl (C=O) groups excluding carboxylic acids is 2. The lowest BCUT2D eigenvalue weighted by Gasteiger charge is -2.35. The normalized spacial score (nSPS) is 22.7. The standard InChI is InChI=1S/C17H22N2O3/c20-16-8-4-5-9-18(16)13-17(21)19-10-11-22-15(12-19)14-6-2-1-3-7-14/h1-3,6-7,15H,4-5,8-13H2/t15-/m0/s1. The molecule has 0 radical (unpaired) electrons. The first-order valence-electron chi connectivity index (χ1n) is 7.96. The average molecular weight is 302 g/mol. The van der Waals surface area contributed by atoms with Gasteiger partial charge in [-0.15, -0.1) is 0 Å². The molecule has 5 nitrogen and oxygen atoms in total. The van der Waals surface area contributed by atoms with Gasteiger partial charge in [-0.25, -0.2) is 0 Å². The number of benzene rings is 1. The van der Waals surface area contributed by atoms with E-state index < -0.39 is 0 Å². The molecule has 22 heavy (non-hydrogen) atoms. The highest BCUT2D eigenvalue weighted by molar-refractivity contribution is 5.85. The largest absolute Gasteiger partial charge is 0.370 e. The SMILES string of the molecule is O=C1CCCCN1CC(=O)N1CCO[C@H](c2ccccc2)C1. The van der Waals surface area contributed by atoms with Gasteiger partial charge in [0.15, 0.2) is 0 Å². The van der Waals surface area contributed by atoms with E-state index in [-0.39, 0.29) is 24.5 Å². The Labute approximate surface area is 130 Å². The van der Waals surface area contributed by atoms with Crippen molar-refractivity contribution in [3.63, 3.8) is 0 Å². The predicted molar refractivity (Wildman–Crippen MR) is 82.1 cm³/mol. The minimum absolute atomic E-state index is 0.0273. The smallest absolute Gasteiger partial charge is 0.242 e. The van der Waals surface area contributed by atoms with Gasteiger partial charge < -0.3 is 14.5 Å². The van der Waals surface area contributed by atoms with Crippen molar-refractivity contribution in [2.24, 2.45) is 0 Å². The molecule has 1 atom stereocenters. The first-order chi connectivity index (χ1) is 10.7. The van der Waals surface area contributed by atoms with Gasteiger partial charge in [-0.05, 0) is 18.4 Å². The Hall–Kier alpha value is -1.88. The maximum Gasteiger partial charge on any atom is 0.242 e. The number of rotatable bonds is 3. The third kappa shape index (κ3) is 3.47. The van der Waals surface area contributed by atoms with Gasteiger partial charge in [-0.1, -0.05) is 30.3 Å². The van der Waals surface area contributed by atoms with Crippen LogP contribution in [0.3, 0.4) is 0 Å². The predicted octanol–water partition coefficient (Wildman–Crippen LogP) is 1.60. The van der Waals surface area contributed by atoms with E-state index in [0.717, 1.165) is 18.4 Å². The van der Waals surface area contributed by atoms with Crippen molar-refractivity contribution in [2.75, 3.05) is 32.8 Å². The summed E-state index contributed by atoms with van der Waals surface area (Å²) in [5.41, 5.74) is 1.09. The van der Waals surface area contributed by atoms with Gasteiger partial charge in [0.1, 0.15) is 6.10 Å². The van der Waals surface area contributed by atoms with Gasteiger partial charge in [0, 0.05) is 19.5 Å². The van der Waals surface area contributed by atoms with Crippen molar-refractivity contribution in [1.82, 2.24) is 9.80 Å². The number of likely N-dealkylation sites (tertiary alicyclic amines) is 1. The maximum absolute atomic E-state index is 12.5. The number of hydrogen-bond donors (Lipinski definition) is 0. The van der Waals surface area contributed by atoms with Gasteiger partial charge in [0.05, 0.1) is 19.7 Å². The fourth-order valence-electron chi connectivity index (χ4n) is 3.04. The van der Waals surface area contributed by atoms with Gasteiger partial charge in [0.25, 0.3) is 0 Å². The Kier molecular flexibility index (Phi) is 4.73. The van der Waals surface area contributed by atoms with E-state index in [0.29, 0.717) is 32.7 Å². The quantitative estimate of drug-likeness (QED) is 0.852. The number of amides is 2. The molecule has 0 spiro atoms. The fraction of sp³-hybridized carbons (Fsp3) is 0.529. The van der Waals surface area contributed by atoms with Gasteiger partial charge >= 0.3 is 0 Å². The molecule has 2 fully saturated rings. The molecule has 5 heteroatoms. The summed E-state index contributed by atoms with van der Waals surface area (Å²) in [6.07, 6.45) is 2.44. The molecule has 1 aromatic carbocycles. The number of carbonyl (C=O) groups is 2. The van der Waals surface area contributed by atoms with E-state index in [1.165, 1.54) is 0 Å². The van der Waals surface area contributed by atoms with Gasteiger partial charge in [-0.3, -0.25) is 9.59 Å². The van der Waals surface area contributed by atoms with Crippen molar-refractivity contribution in [1.29, 1.82) is 0 Å². The molecule has 2 heterocycles. The molecule has 1 aromatic rings. The van der Waals surface area contributed by atoms with Gasteiger partial charge in [0.2, 0.25) is 11.8 Å². The van der Waals surface area contributed by atoms with Crippen LogP contribution < -0.4 is 0 Å². The van der Waals surface area contributed by atoms with E-state index in [1.807, 2.05) is 35.2 Å². The lowest BCUT2D eigenvalue weighted by atomic mass is 10.1. The molecule has 2 aliphatic rings. The highest BCUT2D eigenvalue weighted by Gasteiger charge is 2.28. The summed E-state index contributed by atoms with van der Waals surface area (Å²) < 4.78 is 5.78. The topological polar surface area (TPSA) is 49.9 Å². The minimum atomic E-state index is -0.0732. The van der Waals surface area contributed by atoms with Crippen molar-refractivity contribution < 1.29 is 14.3 Å². The van der Waals surface area contributed by atoms with Crippen LogP contribution in [0.25, 0.3) is 0 Å². The summed E-state index contributed by atoms with van der Waals surface area (Å²) >= 11 is 0. The van der Waals surface area contributed by atoms with Crippen LogP contribution in [0.15, 0.2) is 30.3 Å². The van der Waals surface area contributed by atoms with Crippen molar-refractivity contribution in [2.45, 2.75) is 25.4 Å². The second-order valence-corrected chi connectivity index (χ2v) is 5.88. The lowest BCUT2D eigenvalue weighted by Crippen LogP contribution is -2.48. The average Bonchev–Trinajstić information content (AvgIpc) is 2.58. The van der Waals surface area contributed by atoms with Crippen LogP contribution in [0, 0.1) is 0 Å². The Morgan fingerprint density at radius 1 is 1.18 bits per heavy atom. The van der Waals surface area contributed by atoms with Crippen LogP contribution in [0.2, 0.25) is 0 Å². The Morgan fingerprint density at radius 3 is 2.77 bits per heavy atom. The first-order valence-corrected chi connectivity index (χ1v) is 7.96. The highest BCUT2D eigenvalue weighted by atomic mass is 16.5. The van der Waals surface area contributed by atoms with Gasteiger partial charge in [-0.2, -0.15) is 0 Å². The zero-order valence-corrected chi connectivity index (χ0v) is 12.7. The summed E-state index contributed by atoms with van der Waals surface area (Å²) in [6, 6.07) is 9.97. The first kappa shape index (κ1) is 15.0. The minimum Gasteiger partial charge on any atom is -0.370 e. The zero-order valence-electron chi connectivity index (χ0n) is 12.7. The number of morpholine rings is 1. The lowest BCUT2D eigenvalue weighted by molar-refractivity contribution is -0.146. The molecule has 118 valence electrons. The molecule has 0 bridgehead atoms. The van der Waals surface area contributed by atoms with E-state index in [2.05, 4.69) is 0 Å². The molecule has 2 amide bonds. The fourth-order valence-corrected chi connectivity index (χ4v) is 3.04. The van der Waals surface area contributed by atoms with E-state index in [9.17, 15) is 9.59 Å². The maximum atomic E-state index is 12.5. The second-order valence-electron chi connectivity index (χ2n) is 5.88. The summed E-state index contributed by atoms with van der Waals surface area (Å²) in [6.45, 7) is 2.62. The monoisotopic (exact) mass is 302 g/mol. The summed E-state index contributed by atoms with van der Waals surface area (Å²) in [5, 5.41) is 0. The molecule has 2 aliphatic heterocycles. The Bertz CT molecular complexity index is 532. The van der Waals surface area contributed by atoms with E-state index >= 15 is 0 Å². The van der Waals surface area contributed by atoms with Crippen LogP contribution in [0.5, 0.6) is 0 Å². The van der Waals surface area contributed by atoms with Crippen molar-refractivity contribution in [3.8, 4) is 0 Å². The molecule has 0 aromatic heterocycles. The van der Waals surface area contributed by atoms with Crippen molar-refractivity contribution >= 4 is 11.8 Å². The summed E-state index contributed by atoms with van der Waals surface area (Å²) in [4.78, 5) is 27.8. The molecule has 3 rings (SSSR count). The molecular formula is C17H22N2O3. The van der Waals surface area contributed by atoms with Crippen LogP contribution in [-0.4, -0.2) is 54.4 Å². The molecule has 2 saturated heterocycles. The molecule has 0 aliphatic carbocycles. The van der Waals surface area contributed by atoms with E-state index in [1.54, 1.807) is 4.90 Å². The molecular weight excluding hydrogens is 280 g/mol. The van der Waals surface area contributed by atoms with Crippen LogP contribution in [-0.2, 0) is 14.3 Å². The van der Waals surface area contributed by atoms with Crippen LogP contribution in [0.1, 0.15) is 30.9 Å². The third-order valence-corrected chi connectivity index (χ3v) is 4.34. The number of nitrogens with zero attached hydrogens (tertiary/aromatic N) is 2. The number of piperidine rings is 1. The molecule has 0 unspecified atom stereocenters. The van der Waals surface area contributed by atoms with E-state index in [4.69, 9.17) is 4.74 Å². The Morgan fingerprint density at radius 2 is 2.00 bits per heavy atom. The van der Waals surface area contributed by atoms with Crippen LogP contribution >= 0.6 is 0 Å². The second kappa shape index (κ2) is 6.92.